The number of hydrogen-bond acceptors (Lipinski definition) is 3. The van der Waals surface area contributed by atoms with Crippen LogP contribution >= 0.6 is 7.82 Å². The molecule has 2 aromatic carbocycles. The van der Waals surface area contributed by atoms with Gasteiger partial charge < -0.3 is 4.89 Å². The fourth-order valence-electron chi connectivity index (χ4n) is 1.45. The smallest absolute Gasteiger partial charge is 0.303 e. The van der Waals surface area contributed by atoms with Crippen LogP contribution in [0.25, 0.3) is 11.1 Å². The first kappa shape index (κ1) is 16.6. The summed E-state index contributed by atoms with van der Waals surface area (Å²) in [5.74, 6) is 0. The average Bonchev–Trinajstić information content (AvgIpc) is 2.49. The molecular formula is C15H19O4P. The minimum atomic E-state index is -3.65. The van der Waals surface area contributed by atoms with E-state index >= 15 is 0 Å². The van der Waals surface area contributed by atoms with Crippen LogP contribution in [0, 0.1) is 6.92 Å². The van der Waals surface area contributed by atoms with Crippen LogP contribution in [0.1, 0.15) is 5.56 Å². The molecule has 5 heteroatoms. The topological polar surface area (TPSA) is 55.8 Å². The highest BCUT2D eigenvalue weighted by atomic mass is 31.2. The molecule has 0 radical (unpaired) electrons. The highest BCUT2D eigenvalue weighted by Gasteiger charge is 2.13. The molecule has 108 valence electrons. The van der Waals surface area contributed by atoms with Crippen LogP contribution in [-0.4, -0.2) is 19.1 Å². The third-order valence-corrected chi connectivity index (χ3v) is 3.54. The van der Waals surface area contributed by atoms with E-state index in [1.807, 2.05) is 6.07 Å². The lowest BCUT2D eigenvalue weighted by Crippen LogP contribution is -1.83. The van der Waals surface area contributed by atoms with Crippen LogP contribution in [0.2, 0.25) is 0 Å². The van der Waals surface area contributed by atoms with Crippen LogP contribution in [-0.2, 0) is 13.6 Å². The summed E-state index contributed by atoms with van der Waals surface area (Å²) in [5.41, 5.74) is 3.87. The summed E-state index contributed by atoms with van der Waals surface area (Å²) in [4.78, 5) is 8.24. The fraction of sp³-hybridized carbons (Fsp3) is 0.200. The molecule has 0 aliphatic carbocycles. The van der Waals surface area contributed by atoms with Gasteiger partial charge in [0.05, 0.1) is 0 Å². The second kappa shape index (κ2) is 7.98. The van der Waals surface area contributed by atoms with E-state index in [9.17, 15) is 4.57 Å². The van der Waals surface area contributed by atoms with Gasteiger partial charge in [0.25, 0.3) is 0 Å². The van der Waals surface area contributed by atoms with Crippen molar-refractivity contribution in [3.63, 3.8) is 0 Å². The Hall–Kier alpha value is -1.45. The second-order valence-corrected chi connectivity index (χ2v) is 5.73. The molecule has 0 fully saturated rings. The predicted octanol–water partition coefficient (Wildman–Crippen LogP) is 4.04. The van der Waals surface area contributed by atoms with Crippen molar-refractivity contribution < 1.29 is 18.5 Å². The van der Waals surface area contributed by atoms with Gasteiger partial charge in [0.2, 0.25) is 0 Å². The minimum Gasteiger partial charge on any atom is -0.303 e. The minimum absolute atomic E-state index is 1.10. The molecule has 0 amide bonds. The molecule has 4 nitrogen and oxygen atoms in total. The summed E-state index contributed by atoms with van der Waals surface area (Å²) < 4.78 is 18.0. The molecule has 2 aromatic rings. The molecule has 20 heavy (non-hydrogen) atoms. The van der Waals surface area contributed by atoms with Crippen molar-refractivity contribution in [3.8, 4) is 11.1 Å². The number of rotatable bonds is 3. The third kappa shape index (κ3) is 5.68. The lowest BCUT2D eigenvalue weighted by atomic mass is 10.0. The number of phosphoric acid groups is 1. The number of aryl methyl sites for hydroxylation is 1. The Kier molecular flexibility index (Phi) is 6.62. The Morgan fingerprint density at radius 2 is 1.30 bits per heavy atom. The lowest BCUT2D eigenvalue weighted by Gasteiger charge is -2.01. The van der Waals surface area contributed by atoms with E-state index in [1.54, 1.807) is 0 Å². The molecule has 0 spiro atoms. The average molecular weight is 294 g/mol. The van der Waals surface area contributed by atoms with Crippen molar-refractivity contribution in [2.75, 3.05) is 14.2 Å². The van der Waals surface area contributed by atoms with Crippen molar-refractivity contribution in [2.45, 2.75) is 6.92 Å². The molecule has 0 aliphatic rings. The Morgan fingerprint density at radius 1 is 0.850 bits per heavy atom. The Bertz CT molecular complexity index is 544. The highest BCUT2D eigenvalue weighted by Crippen LogP contribution is 2.40. The van der Waals surface area contributed by atoms with Gasteiger partial charge in [0, 0.05) is 14.2 Å². The van der Waals surface area contributed by atoms with Gasteiger partial charge in [-0.25, -0.2) is 4.57 Å². The van der Waals surface area contributed by atoms with E-state index < -0.39 is 7.82 Å². The summed E-state index contributed by atoms with van der Waals surface area (Å²) in [6.45, 7) is 2.11. The normalized spacial score (nSPS) is 10.6. The first-order valence-corrected chi connectivity index (χ1v) is 7.54. The molecule has 0 bridgehead atoms. The van der Waals surface area contributed by atoms with Crippen LogP contribution in [0.5, 0.6) is 0 Å². The summed E-state index contributed by atoms with van der Waals surface area (Å²) >= 11 is 0. The monoisotopic (exact) mass is 294 g/mol. The van der Waals surface area contributed by atoms with E-state index in [0.29, 0.717) is 0 Å². The second-order valence-electron chi connectivity index (χ2n) is 4.07. The van der Waals surface area contributed by atoms with Crippen molar-refractivity contribution in [1.29, 1.82) is 0 Å². The van der Waals surface area contributed by atoms with E-state index in [0.717, 1.165) is 14.2 Å². The molecule has 0 saturated carbocycles. The van der Waals surface area contributed by atoms with Gasteiger partial charge in [-0.05, 0) is 18.1 Å². The molecule has 0 aromatic heterocycles. The van der Waals surface area contributed by atoms with Crippen molar-refractivity contribution >= 4 is 7.82 Å². The van der Waals surface area contributed by atoms with Crippen LogP contribution in [0.3, 0.4) is 0 Å². The molecule has 0 unspecified atom stereocenters. The summed E-state index contributed by atoms with van der Waals surface area (Å²) in [7, 11) is -1.45. The predicted molar refractivity (Wildman–Crippen MR) is 80.5 cm³/mol. The zero-order valence-electron chi connectivity index (χ0n) is 11.8. The van der Waals surface area contributed by atoms with Crippen molar-refractivity contribution in [2.24, 2.45) is 0 Å². The standard InChI is InChI=1S/C13H12.C2H7O4P/c1-11-7-9-13(10-8-11)12-5-3-2-4-6-12;1-5-7(3,4)6-2/h2-10H,1H3;1-2H3,(H,3,4). The molecule has 2 rings (SSSR count). The quantitative estimate of drug-likeness (QED) is 0.868. The maximum Gasteiger partial charge on any atom is 0.471 e. The zero-order chi connectivity index (χ0) is 15.0. The Morgan fingerprint density at radius 3 is 1.70 bits per heavy atom. The maximum atomic E-state index is 10.1. The first-order chi connectivity index (χ1) is 9.48. The van der Waals surface area contributed by atoms with Gasteiger partial charge in [-0.1, -0.05) is 60.2 Å². The summed E-state index contributed by atoms with van der Waals surface area (Å²) in [6, 6.07) is 19.0. The van der Waals surface area contributed by atoms with Gasteiger partial charge in [-0.2, -0.15) is 0 Å². The Balaban J connectivity index is 0.000000246. The highest BCUT2D eigenvalue weighted by molar-refractivity contribution is 7.47. The van der Waals surface area contributed by atoms with Gasteiger partial charge in [0.1, 0.15) is 0 Å². The van der Waals surface area contributed by atoms with Crippen molar-refractivity contribution in [3.05, 3.63) is 60.2 Å². The van der Waals surface area contributed by atoms with E-state index in [-0.39, 0.29) is 0 Å². The number of benzene rings is 2. The number of phosphoric ester groups is 1. The molecular weight excluding hydrogens is 275 g/mol. The lowest BCUT2D eigenvalue weighted by molar-refractivity contribution is 0.204. The van der Waals surface area contributed by atoms with Crippen molar-refractivity contribution in [1.82, 2.24) is 0 Å². The van der Waals surface area contributed by atoms with Gasteiger partial charge in [0.15, 0.2) is 0 Å². The maximum absolute atomic E-state index is 10.1. The van der Waals surface area contributed by atoms with Crippen LogP contribution in [0.4, 0.5) is 0 Å². The van der Waals surface area contributed by atoms with Gasteiger partial charge in [-0.3, -0.25) is 9.05 Å². The first-order valence-electron chi connectivity index (χ1n) is 6.05. The SMILES string of the molecule is COP(=O)(O)OC.Cc1ccc(-c2ccccc2)cc1. The fourth-order valence-corrected chi connectivity index (χ4v) is 1.60. The van der Waals surface area contributed by atoms with Gasteiger partial charge >= 0.3 is 7.82 Å². The van der Waals surface area contributed by atoms with Gasteiger partial charge in [-0.15, -0.1) is 0 Å². The summed E-state index contributed by atoms with van der Waals surface area (Å²) in [5, 5.41) is 0. The summed E-state index contributed by atoms with van der Waals surface area (Å²) in [6.07, 6.45) is 0. The molecule has 0 atom stereocenters. The third-order valence-electron chi connectivity index (χ3n) is 2.62. The van der Waals surface area contributed by atoms with E-state index in [1.165, 1.54) is 16.7 Å². The number of hydrogen-bond donors (Lipinski definition) is 1. The molecule has 0 aliphatic heterocycles. The van der Waals surface area contributed by atoms with E-state index in [4.69, 9.17) is 4.89 Å². The molecule has 0 saturated heterocycles. The largest absolute Gasteiger partial charge is 0.471 e. The zero-order valence-corrected chi connectivity index (χ0v) is 12.7. The molecule has 1 N–H and O–H groups in total. The van der Waals surface area contributed by atoms with Crippen LogP contribution in [0.15, 0.2) is 54.6 Å². The van der Waals surface area contributed by atoms with E-state index in [2.05, 4.69) is 64.5 Å². The molecule has 0 heterocycles. The Labute approximate surface area is 119 Å². The van der Waals surface area contributed by atoms with Crippen LogP contribution < -0.4 is 0 Å².